The normalized spacial score (nSPS) is 41.1. The molecular formula is C12H25NOS. The predicted molar refractivity (Wildman–Crippen MR) is 67.2 cm³/mol. The van der Waals surface area contributed by atoms with Crippen LogP contribution in [0.5, 0.6) is 0 Å². The molecule has 0 saturated heterocycles. The molecule has 2 N–H and O–H groups in total. The molecule has 0 bridgehead atoms. The van der Waals surface area contributed by atoms with E-state index in [9.17, 15) is 4.21 Å². The zero-order chi connectivity index (χ0) is 11.6. The van der Waals surface area contributed by atoms with Gasteiger partial charge in [-0.3, -0.25) is 4.21 Å². The molecule has 0 amide bonds. The third-order valence-corrected chi connectivity index (χ3v) is 6.15. The number of hydrogen-bond acceptors (Lipinski definition) is 2. The highest BCUT2D eigenvalue weighted by Gasteiger charge is 2.36. The summed E-state index contributed by atoms with van der Waals surface area (Å²) in [6.45, 7) is 8.64. The standard InChI is InChI=1S/C12H25NOS/c1-5-10(4)15(14)12-9(3)6-8(2)7-11(12)13/h8-12H,5-7,13H2,1-4H3. The molecule has 1 aliphatic rings. The van der Waals surface area contributed by atoms with Gasteiger partial charge >= 0.3 is 0 Å². The molecule has 0 aliphatic heterocycles. The van der Waals surface area contributed by atoms with Crippen LogP contribution >= 0.6 is 0 Å². The van der Waals surface area contributed by atoms with Crippen molar-refractivity contribution in [3.05, 3.63) is 0 Å². The summed E-state index contributed by atoms with van der Waals surface area (Å²) in [5.74, 6) is 1.21. The minimum atomic E-state index is -0.751. The van der Waals surface area contributed by atoms with E-state index in [4.69, 9.17) is 5.73 Å². The second-order valence-corrected chi connectivity index (χ2v) is 7.24. The molecule has 0 aromatic rings. The maximum absolute atomic E-state index is 12.3. The molecule has 1 aliphatic carbocycles. The summed E-state index contributed by atoms with van der Waals surface area (Å²) in [5, 5.41) is 0.507. The lowest BCUT2D eigenvalue weighted by molar-refractivity contribution is 0.275. The van der Waals surface area contributed by atoms with Crippen LogP contribution in [-0.4, -0.2) is 20.8 Å². The van der Waals surface area contributed by atoms with Gasteiger partial charge in [0.2, 0.25) is 0 Å². The van der Waals surface area contributed by atoms with Gasteiger partial charge in [0, 0.05) is 22.1 Å². The van der Waals surface area contributed by atoms with Gasteiger partial charge in [0.1, 0.15) is 0 Å². The molecule has 6 unspecified atom stereocenters. The van der Waals surface area contributed by atoms with Crippen LogP contribution in [0.2, 0.25) is 0 Å². The number of nitrogens with two attached hydrogens (primary N) is 1. The smallest absolute Gasteiger partial charge is 0.0527 e. The molecule has 1 rings (SSSR count). The van der Waals surface area contributed by atoms with Gasteiger partial charge in [0.25, 0.3) is 0 Å². The van der Waals surface area contributed by atoms with E-state index in [2.05, 4.69) is 27.7 Å². The Morgan fingerprint density at radius 2 is 2.00 bits per heavy atom. The van der Waals surface area contributed by atoms with E-state index < -0.39 is 10.8 Å². The van der Waals surface area contributed by atoms with Crippen molar-refractivity contribution in [1.82, 2.24) is 0 Å². The predicted octanol–water partition coefficient (Wildman–Crippen LogP) is 2.30. The fraction of sp³-hybridized carbons (Fsp3) is 1.00. The molecule has 0 heterocycles. The van der Waals surface area contributed by atoms with Crippen LogP contribution in [0.15, 0.2) is 0 Å². The van der Waals surface area contributed by atoms with Gasteiger partial charge in [-0.25, -0.2) is 0 Å². The molecular weight excluding hydrogens is 206 g/mol. The lowest BCUT2D eigenvalue weighted by Crippen LogP contribution is -2.49. The molecule has 0 aromatic carbocycles. The zero-order valence-electron chi connectivity index (χ0n) is 10.4. The summed E-state index contributed by atoms with van der Waals surface area (Å²) in [4.78, 5) is 0. The van der Waals surface area contributed by atoms with Gasteiger partial charge in [0.05, 0.1) is 5.25 Å². The van der Waals surface area contributed by atoms with Crippen molar-refractivity contribution in [2.75, 3.05) is 0 Å². The fourth-order valence-electron chi connectivity index (χ4n) is 2.72. The van der Waals surface area contributed by atoms with E-state index >= 15 is 0 Å². The first-order valence-electron chi connectivity index (χ1n) is 6.12. The minimum Gasteiger partial charge on any atom is -0.327 e. The van der Waals surface area contributed by atoms with Crippen LogP contribution in [-0.2, 0) is 10.8 Å². The van der Waals surface area contributed by atoms with Gasteiger partial charge in [-0.15, -0.1) is 0 Å². The van der Waals surface area contributed by atoms with Crippen LogP contribution in [0.4, 0.5) is 0 Å². The summed E-state index contributed by atoms with van der Waals surface area (Å²) in [5.41, 5.74) is 6.16. The van der Waals surface area contributed by atoms with E-state index in [-0.39, 0.29) is 16.5 Å². The molecule has 2 nitrogen and oxygen atoms in total. The maximum Gasteiger partial charge on any atom is 0.0527 e. The van der Waals surface area contributed by atoms with Crippen LogP contribution in [0, 0.1) is 11.8 Å². The summed E-state index contributed by atoms with van der Waals surface area (Å²) in [7, 11) is -0.751. The van der Waals surface area contributed by atoms with Crippen LogP contribution in [0.1, 0.15) is 47.0 Å². The quantitative estimate of drug-likeness (QED) is 0.810. The lowest BCUT2D eigenvalue weighted by Gasteiger charge is -2.38. The van der Waals surface area contributed by atoms with Gasteiger partial charge in [-0.2, -0.15) is 0 Å². The van der Waals surface area contributed by atoms with Crippen LogP contribution < -0.4 is 5.73 Å². The van der Waals surface area contributed by atoms with E-state index in [1.807, 2.05) is 0 Å². The van der Waals surface area contributed by atoms with Gasteiger partial charge < -0.3 is 5.73 Å². The molecule has 90 valence electrons. The van der Waals surface area contributed by atoms with Crippen molar-refractivity contribution in [2.24, 2.45) is 17.6 Å². The SMILES string of the molecule is CCC(C)S(=O)C1C(C)CC(C)CC1N. The molecule has 6 atom stereocenters. The molecule has 1 saturated carbocycles. The van der Waals surface area contributed by atoms with Crippen molar-refractivity contribution in [3.63, 3.8) is 0 Å². The van der Waals surface area contributed by atoms with Gasteiger partial charge in [0.15, 0.2) is 0 Å². The highest BCUT2D eigenvalue weighted by molar-refractivity contribution is 7.86. The Balaban J connectivity index is 2.71. The highest BCUT2D eigenvalue weighted by Crippen LogP contribution is 2.32. The Labute approximate surface area is 96.5 Å². The molecule has 1 fully saturated rings. The summed E-state index contributed by atoms with van der Waals surface area (Å²) >= 11 is 0. The van der Waals surface area contributed by atoms with E-state index in [1.165, 1.54) is 6.42 Å². The topological polar surface area (TPSA) is 43.1 Å². The Morgan fingerprint density at radius 1 is 1.40 bits per heavy atom. The molecule has 0 spiro atoms. The largest absolute Gasteiger partial charge is 0.327 e. The van der Waals surface area contributed by atoms with E-state index in [0.717, 1.165) is 12.8 Å². The number of rotatable bonds is 3. The van der Waals surface area contributed by atoms with Crippen molar-refractivity contribution in [1.29, 1.82) is 0 Å². The summed E-state index contributed by atoms with van der Waals surface area (Å²) in [6.07, 6.45) is 3.20. The highest BCUT2D eigenvalue weighted by atomic mass is 32.2. The Bertz CT molecular complexity index is 220. The molecule has 15 heavy (non-hydrogen) atoms. The number of hydrogen-bond donors (Lipinski definition) is 1. The first kappa shape index (κ1) is 13.2. The zero-order valence-corrected chi connectivity index (χ0v) is 11.2. The maximum atomic E-state index is 12.3. The van der Waals surface area contributed by atoms with Crippen molar-refractivity contribution in [2.45, 2.75) is 63.5 Å². The second-order valence-electron chi connectivity index (χ2n) is 5.23. The van der Waals surface area contributed by atoms with E-state index in [1.54, 1.807) is 0 Å². The average molecular weight is 231 g/mol. The Morgan fingerprint density at radius 3 is 2.47 bits per heavy atom. The summed E-state index contributed by atoms with van der Waals surface area (Å²) in [6, 6.07) is 0.138. The van der Waals surface area contributed by atoms with Crippen LogP contribution in [0.25, 0.3) is 0 Å². The van der Waals surface area contributed by atoms with Gasteiger partial charge in [-0.1, -0.05) is 27.7 Å². The fourth-order valence-corrected chi connectivity index (χ4v) is 4.61. The Kier molecular flexibility index (Phi) is 4.78. The first-order chi connectivity index (χ1) is 6.97. The van der Waals surface area contributed by atoms with Crippen molar-refractivity contribution in [3.8, 4) is 0 Å². The average Bonchev–Trinajstić information content (AvgIpc) is 2.14. The monoisotopic (exact) mass is 231 g/mol. The van der Waals surface area contributed by atoms with E-state index in [0.29, 0.717) is 11.8 Å². The van der Waals surface area contributed by atoms with Crippen molar-refractivity contribution < 1.29 is 4.21 Å². The van der Waals surface area contributed by atoms with Gasteiger partial charge in [-0.05, 0) is 31.1 Å². The molecule has 3 heteroatoms. The molecule has 0 radical (unpaired) electrons. The summed E-state index contributed by atoms with van der Waals surface area (Å²) < 4.78 is 12.3. The van der Waals surface area contributed by atoms with Crippen molar-refractivity contribution >= 4 is 10.8 Å². The third-order valence-electron chi connectivity index (χ3n) is 3.67. The van der Waals surface area contributed by atoms with Crippen LogP contribution in [0.3, 0.4) is 0 Å². The lowest BCUT2D eigenvalue weighted by atomic mass is 9.80. The molecule has 0 aromatic heterocycles. The first-order valence-corrected chi connectivity index (χ1v) is 7.39. The Hall–Kier alpha value is 0.110. The second kappa shape index (κ2) is 5.44. The third kappa shape index (κ3) is 3.04. The minimum absolute atomic E-state index is 0.138.